The number of carbonyl (C=O) groups excluding carboxylic acids is 2. The number of nitrogens with one attached hydrogen (secondary N) is 2. The van der Waals surface area contributed by atoms with Crippen molar-refractivity contribution in [2.75, 3.05) is 6.54 Å². The number of benzene rings is 1. The molecule has 0 aliphatic carbocycles. The van der Waals surface area contributed by atoms with Crippen molar-refractivity contribution in [2.45, 2.75) is 32.7 Å². The third-order valence-corrected chi connectivity index (χ3v) is 4.13. The number of piperidine rings is 1. The first-order valence-corrected chi connectivity index (χ1v) is 7.78. The van der Waals surface area contributed by atoms with E-state index in [-0.39, 0.29) is 23.7 Å². The first-order valence-electron chi connectivity index (χ1n) is 7.40. The minimum absolute atomic E-state index is 0.0257. The van der Waals surface area contributed by atoms with Crippen LogP contribution in [0.3, 0.4) is 0 Å². The fraction of sp³-hybridized carbons (Fsp3) is 0.500. The highest BCUT2D eigenvalue weighted by molar-refractivity contribution is 6.30. The summed E-state index contributed by atoms with van der Waals surface area (Å²) in [5.41, 5.74) is 0.424. The zero-order chi connectivity index (χ0) is 16.3. The Balaban J connectivity index is 2.12. The predicted molar refractivity (Wildman–Crippen MR) is 82.9 cm³/mol. The van der Waals surface area contributed by atoms with Crippen LogP contribution in [0.4, 0.5) is 4.39 Å². The van der Waals surface area contributed by atoms with Gasteiger partial charge in [0.25, 0.3) is 0 Å². The molecule has 0 bridgehead atoms. The monoisotopic (exact) mass is 326 g/mol. The molecular formula is C16H20ClFN2O2. The highest BCUT2D eigenvalue weighted by atomic mass is 35.5. The first kappa shape index (κ1) is 16.7. The van der Waals surface area contributed by atoms with E-state index >= 15 is 0 Å². The van der Waals surface area contributed by atoms with Gasteiger partial charge in [-0.25, -0.2) is 4.39 Å². The summed E-state index contributed by atoms with van der Waals surface area (Å²) in [5.74, 6) is -0.864. The standard InChI is InChI=1S/C16H20ClFN2O2/c1-9(2)15(12-5-4-11(17)7-13(12)18)20-16(22)10-3-6-14(21)19-8-10/h4-5,7,9-10,15H,3,6,8H2,1-2H3,(H,19,21)(H,20,22)/t10-,15+/m1/s1. The molecule has 4 nitrogen and oxygen atoms in total. The van der Waals surface area contributed by atoms with Gasteiger partial charge < -0.3 is 10.6 Å². The van der Waals surface area contributed by atoms with Crippen LogP contribution in [0.5, 0.6) is 0 Å². The molecule has 120 valence electrons. The van der Waals surface area contributed by atoms with E-state index in [0.717, 1.165) is 0 Å². The zero-order valence-corrected chi connectivity index (χ0v) is 13.4. The molecule has 1 fully saturated rings. The number of hydrogen-bond donors (Lipinski definition) is 2. The molecule has 0 radical (unpaired) electrons. The lowest BCUT2D eigenvalue weighted by atomic mass is 9.93. The van der Waals surface area contributed by atoms with Crippen LogP contribution in [0.25, 0.3) is 0 Å². The first-order chi connectivity index (χ1) is 10.4. The molecular weight excluding hydrogens is 307 g/mol. The molecule has 0 saturated carbocycles. The van der Waals surface area contributed by atoms with Crippen molar-refractivity contribution in [1.82, 2.24) is 10.6 Å². The van der Waals surface area contributed by atoms with Gasteiger partial charge in [0.05, 0.1) is 12.0 Å². The van der Waals surface area contributed by atoms with Gasteiger partial charge in [0.1, 0.15) is 5.82 Å². The number of hydrogen-bond acceptors (Lipinski definition) is 2. The van der Waals surface area contributed by atoms with Gasteiger partial charge in [0.15, 0.2) is 0 Å². The molecule has 2 rings (SSSR count). The summed E-state index contributed by atoms with van der Waals surface area (Å²) in [7, 11) is 0. The molecule has 0 aromatic heterocycles. The maximum Gasteiger partial charge on any atom is 0.225 e. The molecule has 0 unspecified atom stereocenters. The van der Waals surface area contributed by atoms with E-state index in [0.29, 0.717) is 30.0 Å². The molecule has 22 heavy (non-hydrogen) atoms. The van der Waals surface area contributed by atoms with Crippen molar-refractivity contribution in [1.29, 1.82) is 0 Å². The van der Waals surface area contributed by atoms with Crippen LogP contribution in [0, 0.1) is 17.7 Å². The van der Waals surface area contributed by atoms with E-state index in [9.17, 15) is 14.0 Å². The van der Waals surface area contributed by atoms with Crippen LogP contribution >= 0.6 is 11.6 Å². The van der Waals surface area contributed by atoms with E-state index < -0.39 is 11.9 Å². The van der Waals surface area contributed by atoms with Gasteiger partial charge >= 0.3 is 0 Å². The molecule has 2 atom stereocenters. The van der Waals surface area contributed by atoms with Gasteiger partial charge in [0, 0.05) is 23.6 Å². The van der Waals surface area contributed by atoms with Crippen molar-refractivity contribution in [3.8, 4) is 0 Å². The van der Waals surface area contributed by atoms with E-state index in [1.165, 1.54) is 6.07 Å². The molecule has 1 aromatic rings. The summed E-state index contributed by atoms with van der Waals surface area (Å²) in [4.78, 5) is 23.5. The molecule has 2 N–H and O–H groups in total. The summed E-state index contributed by atoms with van der Waals surface area (Å²) in [6.07, 6.45) is 0.866. The van der Waals surface area contributed by atoms with Crippen molar-refractivity contribution in [3.63, 3.8) is 0 Å². The summed E-state index contributed by atoms with van der Waals surface area (Å²) in [6, 6.07) is 4.04. The SMILES string of the molecule is CC(C)[C@H](NC(=O)[C@@H]1CCC(=O)NC1)c1ccc(Cl)cc1F. The lowest BCUT2D eigenvalue weighted by Gasteiger charge is -2.28. The Morgan fingerprint density at radius 1 is 1.45 bits per heavy atom. The summed E-state index contributed by atoms with van der Waals surface area (Å²) < 4.78 is 14.1. The molecule has 2 amide bonds. The largest absolute Gasteiger partial charge is 0.355 e. The Morgan fingerprint density at radius 2 is 2.18 bits per heavy atom. The summed E-state index contributed by atoms with van der Waals surface area (Å²) >= 11 is 5.77. The Bertz CT molecular complexity index is 567. The molecule has 1 aliphatic rings. The van der Waals surface area contributed by atoms with Crippen LogP contribution in [0.2, 0.25) is 5.02 Å². The Labute approximate surface area is 134 Å². The maximum absolute atomic E-state index is 14.1. The Morgan fingerprint density at radius 3 is 2.73 bits per heavy atom. The van der Waals surface area contributed by atoms with Crippen LogP contribution < -0.4 is 10.6 Å². The van der Waals surface area contributed by atoms with Gasteiger partial charge in [-0.2, -0.15) is 0 Å². The highest BCUT2D eigenvalue weighted by Crippen LogP contribution is 2.27. The van der Waals surface area contributed by atoms with Gasteiger partial charge in [-0.15, -0.1) is 0 Å². The van der Waals surface area contributed by atoms with Crippen LogP contribution in [-0.2, 0) is 9.59 Å². The number of halogens is 2. The van der Waals surface area contributed by atoms with E-state index in [1.54, 1.807) is 12.1 Å². The predicted octanol–water partition coefficient (Wildman–Crippen LogP) is 2.82. The molecule has 1 aromatic carbocycles. The zero-order valence-electron chi connectivity index (χ0n) is 12.7. The number of carbonyl (C=O) groups is 2. The topological polar surface area (TPSA) is 58.2 Å². The normalized spacial score (nSPS) is 19.7. The fourth-order valence-electron chi connectivity index (χ4n) is 2.58. The summed E-state index contributed by atoms with van der Waals surface area (Å²) in [5, 5.41) is 5.91. The van der Waals surface area contributed by atoms with Crippen molar-refractivity contribution in [2.24, 2.45) is 11.8 Å². The average Bonchev–Trinajstić information content (AvgIpc) is 2.45. The maximum atomic E-state index is 14.1. The average molecular weight is 327 g/mol. The second-order valence-electron chi connectivity index (χ2n) is 5.94. The van der Waals surface area contributed by atoms with Crippen molar-refractivity contribution < 1.29 is 14.0 Å². The quantitative estimate of drug-likeness (QED) is 0.894. The second kappa shape index (κ2) is 7.09. The van der Waals surface area contributed by atoms with E-state index in [1.807, 2.05) is 13.8 Å². The molecule has 0 spiro atoms. The third kappa shape index (κ3) is 3.97. The van der Waals surface area contributed by atoms with Gasteiger partial charge in [-0.3, -0.25) is 9.59 Å². The smallest absolute Gasteiger partial charge is 0.225 e. The van der Waals surface area contributed by atoms with E-state index in [2.05, 4.69) is 10.6 Å². The van der Waals surface area contributed by atoms with Gasteiger partial charge in [-0.05, 0) is 24.5 Å². The Kier molecular flexibility index (Phi) is 5.40. The van der Waals surface area contributed by atoms with Gasteiger partial charge in [-0.1, -0.05) is 31.5 Å². The van der Waals surface area contributed by atoms with Crippen molar-refractivity contribution in [3.05, 3.63) is 34.6 Å². The lowest BCUT2D eigenvalue weighted by molar-refractivity contribution is -0.129. The van der Waals surface area contributed by atoms with E-state index in [4.69, 9.17) is 11.6 Å². The number of rotatable bonds is 4. The summed E-state index contributed by atoms with van der Waals surface area (Å²) in [6.45, 7) is 4.17. The molecule has 6 heteroatoms. The van der Waals surface area contributed by atoms with Crippen molar-refractivity contribution >= 4 is 23.4 Å². The minimum atomic E-state index is -0.428. The van der Waals surface area contributed by atoms with Crippen LogP contribution in [-0.4, -0.2) is 18.4 Å². The molecule has 1 aliphatic heterocycles. The van der Waals surface area contributed by atoms with Crippen LogP contribution in [0.15, 0.2) is 18.2 Å². The lowest BCUT2D eigenvalue weighted by Crippen LogP contribution is -2.44. The second-order valence-corrected chi connectivity index (χ2v) is 6.37. The molecule has 1 saturated heterocycles. The number of amides is 2. The minimum Gasteiger partial charge on any atom is -0.355 e. The Hall–Kier alpha value is -1.62. The third-order valence-electron chi connectivity index (χ3n) is 3.90. The van der Waals surface area contributed by atoms with Crippen LogP contribution in [0.1, 0.15) is 38.3 Å². The molecule has 1 heterocycles. The highest BCUT2D eigenvalue weighted by Gasteiger charge is 2.28. The van der Waals surface area contributed by atoms with Gasteiger partial charge in [0.2, 0.25) is 11.8 Å². The fourth-order valence-corrected chi connectivity index (χ4v) is 2.74.